The number of pyridine rings is 1. The van der Waals surface area contributed by atoms with E-state index in [9.17, 15) is 0 Å². The summed E-state index contributed by atoms with van der Waals surface area (Å²) in [6, 6.07) is 9.68. The summed E-state index contributed by atoms with van der Waals surface area (Å²) in [6.07, 6.45) is 4.58. The van der Waals surface area contributed by atoms with Gasteiger partial charge in [0.1, 0.15) is 11.5 Å². The Morgan fingerprint density at radius 1 is 1.22 bits per heavy atom. The lowest BCUT2D eigenvalue weighted by Crippen LogP contribution is -2.00. The van der Waals surface area contributed by atoms with Gasteiger partial charge in [-0.2, -0.15) is 0 Å². The Hall–Kier alpha value is -1.55. The van der Waals surface area contributed by atoms with Crippen LogP contribution in [0.1, 0.15) is 13.3 Å². The fourth-order valence-electron chi connectivity index (χ4n) is 1.51. The first-order chi connectivity index (χ1) is 8.78. The minimum atomic E-state index is 0.731. The minimum absolute atomic E-state index is 0.731. The van der Waals surface area contributed by atoms with Crippen LogP contribution in [-0.4, -0.2) is 11.5 Å². The minimum Gasteiger partial charge on any atom is -0.456 e. The molecular formula is C14H15BrN2O. The molecule has 0 atom stereocenters. The van der Waals surface area contributed by atoms with Gasteiger partial charge in [-0.05, 0) is 24.6 Å². The number of hydrogen-bond acceptors (Lipinski definition) is 3. The molecule has 0 bridgehead atoms. The van der Waals surface area contributed by atoms with Crippen molar-refractivity contribution in [2.45, 2.75) is 13.3 Å². The molecule has 0 amide bonds. The summed E-state index contributed by atoms with van der Waals surface area (Å²) in [5.41, 5.74) is 0.976. The molecule has 0 unspecified atom stereocenters. The fourth-order valence-corrected chi connectivity index (χ4v) is 1.89. The zero-order valence-electron chi connectivity index (χ0n) is 10.2. The molecule has 3 nitrogen and oxygen atoms in total. The molecule has 0 radical (unpaired) electrons. The van der Waals surface area contributed by atoms with Crippen LogP contribution in [-0.2, 0) is 0 Å². The zero-order valence-corrected chi connectivity index (χ0v) is 11.8. The van der Waals surface area contributed by atoms with E-state index in [-0.39, 0.29) is 0 Å². The number of halogens is 1. The molecule has 1 aromatic carbocycles. The third-order valence-corrected chi connectivity index (χ3v) is 2.82. The van der Waals surface area contributed by atoms with Crippen LogP contribution in [0, 0.1) is 0 Å². The van der Waals surface area contributed by atoms with E-state index >= 15 is 0 Å². The van der Waals surface area contributed by atoms with Crippen molar-refractivity contribution in [1.82, 2.24) is 4.98 Å². The number of ether oxygens (including phenoxy) is 1. The van der Waals surface area contributed by atoms with Crippen molar-refractivity contribution in [2.75, 3.05) is 11.9 Å². The van der Waals surface area contributed by atoms with Gasteiger partial charge in [-0.25, -0.2) is 0 Å². The van der Waals surface area contributed by atoms with Crippen LogP contribution in [0.5, 0.6) is 11.5 Å². The van der Waals surface area contributed by atoms with Gasteiger partial charge in [-0.1, -0.05) is 28.9 Å². The smallest absolute Gasteiger partial charge is 0.147 e. The van der Waals surface area contributed by atoms with Gasteiger partial charge in [0.25, 0.3) is 0 Å². The van der Waals surface area contributed by atoms with Gasteiger partial charge >= 0.3 is 0 Å². The predicted octanol–water partition coefficient (Wildman–Crippen LogP) is 4.46. The molecule has 2 aromatic rings. The zero-order chi connectivity index (χ0) is 12.8. The Morgan fingerprint density at radius 2 is 2.11 bits per heavy atom. The molecule has 0 aliphatic heterocycles. The summed E-state index contributed by atoms with van der Waals surface area (Å²) >= 11 is 3.42. The Kier molecular flexibility index (Phi) is 4.59. The third kappa shape index (κ3) is 3.74. The molecule has 0 spiro atoms. The van der Waals surface area contributed by atoms with Crippen LogP contribution in [0.2, 0.25) is 0 Å². The van der Waals surface area contributed by atoms with Crippen LogP contribution < -0.4 is 10.1 Å². The second-order valence-corrected chi connectivity index (χ2v) is 4.81. The van der Waals surface area contributed by atoms with Crippen LogP contribution in [0.15, 0.2) is 47.2 Å². The van der Waals surface area contributed by atoms with Crippen molar-refractivity contribution >= 4 is 21.6 Å². The molecule has 94 valence electrons. The number of benzene rings is 1. The standard InChI is InChI=1S/C14H15BrN2O/c1-2-6-17-12-8-14(10-16-9-12)18-13-5-3-4-11(15)7-13/h3-5,7-10,17H,2,6H2,1H3. The van der Waals surface area contributed by atoms with Crippen molar-refractivity contribution < 1.29 is 4.74 Å². The van der Waals surface area contributed by atoms with E-state index in [1.165, 1.54) is 0 Å². The molecule has 0 aliphatic rings. The molecule has 0 fully saturated rings. The van der Waals surface area contributed by atoms with E-state index in [1.54, 1.807) is 12.4 Å². The van der Waals surface area contributed by atoms with Crippen molar-refractivity contribution in [3.63, 3.8) is 0 Å². The van der Waals surface area contributed by atoms with E-state index in [4.69, 9.17) is 4.74 Å². The molecule has 1 aromatic heterocycles. The van der Waals surface area contributed by atoms with Crippen molar-refractivity contribution in [2.24, 2.45) is 0 Å². The highest BCUT2D eigenvalue weighted by molar-refractivity contribution is 9.10. The summed E-state index contributed by atoms with van der Waals surface area (Å²) in [5.74, 6) is 1.52. The lowest BCUT2D eigenvalue weighted by Gasteiger charge is -2.08. The topological polar surface area (TPSA) is 34.2 Å². The monoisotopic (exact) mass is 306 g/mol. The van der Waals surface area contributed by atoms with Crippen LogP contribution in [0.3, 0.4) is 0 Å². The number of anilines is 1. The second kappa shape index (κ2) is 6.40. The van der Waals surface area contributed by atoms with Crippen LogP contribution in [0.4, 0.5) is 5.69 Å². The first kappa shape index (κ1) is 12.9. The van der Waals surface area contributed by atoms with Gasteiger partial charge < -0.3 is 10.1 Å². The predicted molar refractivity (Wildman–Crippen MR) is 77.2 cm³/mol. The summed E-state index contributed by atoms with van der Waals surface area (Å²) in [7, 11) is 0. The quantitative estimate of drug-likeness (QED) is 0.885. The number of nitrogens with one attached hydrogen (secondary N) is 1. The lowest BCUT2D eigenvalue weighted by atomic mass is 10.3. The molecule has 18 heavy (non-hydrogen) atoms. The number of rotatable bonds is 5. The van der Waals surface area contributed by atoms with E-state index in [0.717, 1.165) is 34.6 Å². The van der Waals surface area contributed by atoms with Crippen molar-refractivity contribution in [3.8, 4) is 11.5 Å². The average molecular weight is 307 g/mol. The summed E-state index contributed by atoms with van der Waals surface area (Å²) < 4.78 is 6.74. The fraction of sp³-hybridized carbons (Fsp3) is 0.214. The SMILES string of the molecule is CCCNc1cncc(Oc2cccc(Br)c2)c1. The van der Waals surface area contributed by atoms with Gasteiger partial charge in [0.05, 0.1) is 18.1 Å². The maximum Gasteiger partial charge on any atom is 0.147 e. The Bertz CT molecular complexity index is 517. The summed E-state index contributed by atoms with van der Waals surface area (Å²) in [5, 5.41) is 3.28. The van der Waals surface area contributed by atoms with Gasteiger partial charge in [0.2, 0.25) is 0 Å². The molecule has 2 rings (SSSR count). The van der Waals surface area contributed by atoms with E-state index in [2.05, 4.69) is 33.2 Å². The molecular weight excluding hydrogens is 292 g/mol. The molecule has 0 saturated carbocycles. The van der Waals surface area contributed by atoms with Crippen molar-refractivity contribution in [3.05, 3.63) is 47.2 Å². The first-order valence-electron chi connectivity index (χ1n) is 5.90. The van der Waals surface area contributed by atoms with Gasteiger partial charge in [-0.15, -0.1) is 0 Å². The highest BCUT2D eigenvalue weighted by atomic mass is 79.9. The number of nitrogens with zero attached hydrogens (tertiary/aromatic N) is 1. The maximum absolute atomic E-state index is 5.75. The number of hydrogen-bond donors (Lipinski definition) is 1. The Morgan fingerprint density at radius 3 is 2.89 bits per heavy atom. The van der Waals surface area contributed by atoms with E-state index in [1.807, 2.05) is 30.3 Å². The summed E-state index contributed by atoms with van der Waals surface area (Å²) in [4.78, 5) is 4.16. The van der Waals surface area contributed by atoms with Gasteiger partial charge in [-0.3, -0.25) is 4.98 Å². The largest absolute Gasteiger partial charge is 0.456 e. The Labute approximate surface area is 115 Å². The lowest BCUT2D eigenvalue weighted by molar-refractivity contribution is 0.480. The third-order valence-electron chi connectivity index (χ3n) is 2.32. The Balaban J connectivity index is 2.09. The van der Waals surface area contributed by atoms with Crippen molar-refractivity contribution in [1.29, 1.82) is 0 Å². The normalized spacial score (nSPS) is 10.1. The highest BCUT2D eigenvalue weighted by Gasteiger charge is 2.00. The number of aromatic nitrogens is 1. The molecule has 4 heteroatoms. The van der Waals surface area contributed by atoms with Crippen LogP contribution >= 0.6 is 15.9 Å². The first-order valence-corrected chi connectivity index (χ1v) is 6.69. The van der Waals surface area contributed by atoms with E-state index in [0.29, 0.717) is 0 Å². The highest BCUT2D eigenvalue weighted by Crippen LogP contribution is 2.25. The second-order valence-electron chi connectivity index (χ2n) is 3.90. The van der Waals surface area contributed by atoms with Crippen LogP contribution in [0.25, 0.3) is 0 Å². The maximum atomic E-state index is 5.75. The summed E-state index contributed by atoms with van der Waals surface area (Å²) in [6.45, 7) is 3.06. The van der Waals surface area contributed by atoms with Gasteiger partial charge in [0.15, 0.2) is 0 Å². The molecule has 1 N–H and O–H groups in total. The van der Waals surface area contributed by atoms with Gasteiger partial charge in [0, 0.05) is 17.1 Å². The molecule has 1 heterocycles. The average Bonchev–Trinajstić information content (AvgIpc) is 2.37. The van der Waals surface area contributed by atoms with E-state index < -0.39 is 0 Å². The molecule has 0 aliphatic carbocycles. The molecule has 0 saturated heterocycles.